The summed E-state index contributed by atoms with van der Waals surface area (Å²) >= 11 is 1.67. The van der Waals surface area contributed by atoms with Gasteiger partial charge in [0.2, 0.25) is 0 Å². The van der Waals surface area contributed by atoms with Crippen LogP contribution in [0.4, 0.5) is 5.69 Å². The Morgan fingerprint density at radius 1 is 1.35 bits per heavy atom. The molecule has 0 amide bonds. The smallest absolute Gasteiger partial charge is 0.150 e. The van der Waals surface area contributed by atoms with Gasteiger partial charge in [0, 0.05) is 16.3 Å². The molecule has 0 aliphatic heterocycles. The largest absolute Gasteiger partial charge is 0.399 e. The molecule has 17 heavy (non-hydrogen) atoms. The first-order valence-electron chi connectivity index (χ1n) is 5.64. The monoisotopic (exact) mass is 273 g/mol. The van der Waals surface area contributed by atoms with Gasteiger partial charge in [-0.1, -0.05) is 6.92 Å². The molecule has 0 atom stereocenters. The van der Waals surface area contributed by atoms with Crippen LogP contribution in [0.3, 0.4) is 0 Å². The standard InChI is InChI=1S/C12H19NO2S2/c1-3-17(14,15)8-4-7-16-11-5-6-12(13)10(2)9-11/h5-6,9H,3-4,7-8,13H2,1-2H3. The Bertz CT molecular complexity index is 469. The highest BCUT2D eigenvalue weighted by Crippen LogP contribution is 2.23. The lowest BCUT2D eigenvalue weighted by Gasteiger charge is -2.05. The number of rotatable bonds is 6. The van der Waals surface area contributed by atoms with Crippen molar-refractivity contribution in [2.75, 3.05) is 23.0 Å². The van der Waals surface area contributed by atoms with Crippen LogP contribution in [-0.4, -0.2) is 25.7 Å². The lowest BCUT2D eigenvalue weighted by Crippen LogP contribution is -2.09. The predicted octanol–water partition coefficient (Wildman–Crippen LogP) is 2.49. The number of sulfone groups is 1. The molecule has 5 heteroatoms. The number of aryl methyl sites for hydroxylation is 1. The molecule has 0 bridgehead atoms. The summed E-state index contributed by atoms with van der Waals surface area (Å²) in [4.78, 5) is 1.14. The Hall–Kier alpha value is -0.680. The van der Waals surface area contributed by atoms with Crippen molar-refractivity contribution < 1.29 is 8.42 Å². The summed E-state index contributed by atoms with van der Waals surface area (Å²) in [5.74, 6) is 1.34. The van der Waals surface area contributed by atoms with Crippen molar-refractivity contribution in [3.63, 3.8) is 0 Å². The van der Waals surface area contributed by atoms with Gasteiger partial charge in [-0.2, -0.15) is 0 Å². The summed E-state index contributed by atoms with van der Waals surface area (Å²) in [6.45, 7) is 3.66. The van der Waals surface area contributed by atoms with Crippen LogP contribution in [0, 0.1) is 6.92 Å². The number of nitrogens with two attached hydrogens (primary N) is 1. The highest BCUT2D eigenvalue weighted by molar-refractivity contribution is 7.99. The summed E-state index contributed by atoms with van der Waals surface area (Å²) in [6, 6.07) is 5.90. The van der Waals surface area contributed by atoms with E-state index in [1.165, 1.54) is 0 Å². The fraction of sp³-hybridized carbons (Fsp3) is 0.500. The molecule has 0 spiro atoms. The second-order valence-corrected chi connectivity index (χ2v) is 7.60. The average Bonchev–Trinajstić information content (AvgIpc) is 2.29. The summed E-state index contributed by atoms with van der Waals surface area (Å²) in [5, 5.41) is 0. The van der Waals surface area contributed by atoms with E-state index in [9.17, 15) is 8.42 Å². The molecular formula is C12H19NO2S2. The van der Waals surface area contributed by atoms with Gasteiger partial charge in [-0.15, -0.1) is 11.8 Å². The first kappa shape index (κ1) is 14.4. The predicted molar refractivity (Wildman–Crippen MR) is 75.3 cm³/mol. The van der Waals surface area contributed by atoms with Crippen molar-refractivity contribution in [3.8, 4) is 0 Å². The van der Waals surface area contributed by atoms with Crippen molar-refractivity contribution in [1.29, 1.82) is 0 Å². The van der Waals surface area contributed by atoms with E-state index < -0.39 is 9.84 Å². The molecule has 0 saturated heterocycles. The van der Waals surface area contributed by atoms with Gasteiger partial charge >= 0.3 is 0 Å². The molecule has 0 fully saturated rings. The van der Waals surface area contributed by atoms with Gasteiger partial charge in [0.1, 0.15) is 9.84 Å². The van der Waals surface area contributed by atoms with Crippen molar-refractivity contribution in [2.45, 2.75) is 25.2 Å². The Labute approximate surface area is 108 Å². The van der Waals surface area contributed by atoms with Gasteiger partial charge in [-0.05, 0) is 42.9 Å². The number of benzene rings is 1. The van der Waals surface area contributed by atoms with E-state index in [4.69, 9.17) is 5.73 Å². The van der Waals surface area contributed by atoms with E-state index in [0.29, 0.717) is 6.42 Å². The molecule has 1 aromatic carbocycles. The molecule has 0 heterocycles. The molecule has 0 aliphatic carbocycles. The van der Waals surface area contributed by atoms with Gasteiger partial charge in [-0.25, -0.2) is 8.42 Å². The van der Waals surface area contributed by atoms with Gasteiger partial charge in [0.05, 0.1) is 5.75 Å². The minimum Gasteiger partial charge on any atom is -0.399 e. The molecule has 0 saturated carbocycles. The zero-order valence-electron chi connectivity index (χ0n) is 10.3. The highest BCUT2D eigenvalue weighted by atomic mass is 32.2. The van der Waals surface area contributed by atoms with Gasteiger partial charge in [0.25, 0.3) is 0 Å². The maximum absolute atomic E-state index is 11.3. The van der Waals surface area contributed by atoms with Crippen LogP contribution < -0.4 is 5.73 Å². The topological polar surface area (TPSA) is 60.2 Å². The van der Waals surface area contributed by atoms with Crippen molar-refractivity contribution in [3.05, 3.63) is 23.8 Å². The maximum Gasteiger partial charge on any atom is 0.150 e. The molecule has 96 valence electrons. The zero-order valence-corrected chi connectivity index (χ0v) is 11.9. The van der Waals surface area contributed by atoms with Crippen molar-refractivity contribution in [2.24, 2.45) is 0 Å². The lowest BCUT2D eigenvalue weighted by atomic mass is 10.2. The fourth-order valence-electron chi connectivity index (χ4n) is 1.35. The van der Waals surface area contributed by atoms with Crippen LogP contribution in [0.5, 0.6) is 0 Å². The SMILES string of the molecule is CCS(=O)(=O)CCCSc1ccc(N)c(C)c1. The van der Waals surface area contributed by atoms with Gasteiger partial charge in [-0.3, -0.25) is 0 Å². The summed E-state index contributed by atoms with van der Waals surface area (Å²) < 4.78 is 22.6. The zero-order chi connectivity index (χ0) is 12.9. The summed E-state index contributed by atoms with van der Waals surface area (Å²) in [7, 11) is -2.82. The Morgan fingerprint density at radius 3 is 2.65 bits per heavy atom. The normalized spacial score (nSPS) is 11.6. The third kappa shape index (κ3) is 5.00. The molecule has 1 aromatic rings. The van der Waals surface area contributed by atoms with E-state index in [0.717, 1.165) is 21.9 Å². The quantitative estimate of drug-likeness (QED) is 0.491. The summed E-state index contributed by atoms with van der Waals surface area (Å²) in [5.41, 5.74) is 7.59. The van der Waals surface area contributed by atoms with Crippen LogP contribution in [0.1, 0.15) is 18.9 Å². The second kappa shape index (κ2) is 6.31. The molecule has 0 aromatic heterocycles. The van der Waals surface area contributed by atoms with E-state index >= 15 is 0 Å². The third-order valence-corrected chi connectivity index (χ3v) is 5.42. The van der Waals surface area contributed by atoms with Crippen LogP contribution >= 0.6 is 11.8 Å². The lowest BCUT2D eigenvalue weighted by molar-refractivity contribution is 0.596. The number of nitrogen functional groups attached to an aromatic ring is 1. The minimum atomic E-state index is -2.82. The maximum atomic E-state index is 11.3. The Kier molecular flexibility index (Phi) is 5.33. The molecular weight excluding hydrogens is 254 g/mol. The number of hydrogen-bond acceptors (Lipinski definition) is 4. The van der Waals surface area contributed by atoms with E-state index in [2.05, 4.69) is 0 Å². The fourth-order valence-corrected chi connectivity index (χ4v) is 3.36. The third-order valence-electron chi connectivity index (χ3n) is 2.55. The average molecular weight is 273 g/mol. The van der Waals surface area contributed by atoms with E-state index in [-0.39, 0.29) is 11.5 Å². The molecule has 0 aliphatic rings. The first-order valence-corrected chi connectivity index (χ1v) is 8.44. The van der Waals surface area contributed by atoms with E-state index in [1.807, 2.05) is 25.1 Å². The van der Waals surface area contributed by atoms with Crippen LogP contribution in [0.2, 0.25) is 0 Å². The molecule has 0 unspecified atom stereocenters. The van der Waals surface area contributed by atoms with Crippen molar-refractivity contribution in [1.82, 2.24) is 0 Å². The Morgan fingerprint density at radius 2 is 2.06 bits per heavy atom. The van der Waals surface area contributed by atoms with Crippen molar-refractivity contribution >= 4 is 27.3 Å². The minimum absolute atomic E-state index is 0.235. The first-order chi connectivity index (χ1) is 7.94. The number of anilines is 1. The Balaban J connectivity index is 2.39. The van der Waals surface area contributed by atoms with E-state index in [1.54, 1.807) is 18.7 Å². The highest BCUT2D eigenvalue weighted by Gasteiger charge is 2.06. The molecule has 0 radical (unpaired) electrons. The molecule has 3 nitrogen and oxygen atoms in total. The second-order valence-electron chi connectivity index (χ2n) is 3.96. The summed E-state index contributed by atoms with van der Waals surface area (Å²) in [6.07, 6.45) is 0.699. The number of hydrogen-bond donors (Lipinski definition) is 1. The van der Waals surface area contributed by atoms with Crippen LogP contribution in [0.25, 0.3) is 0 Å². The van der Waals surface area contributed by atoms with Gasteiger partial charge < -0.3 is 5.73 Å². The molecule has 1 rings (SSSR count). The molecule has 2 N–H and O–H groups in total. The van der Waals surface area contributed by atoms with Gasteiger partial charge in [0.15, 0.2) is 0 Å². The number of thioether (sulfide) groups is 1. The van der Waals surface area contributed by atoms with Crippen LogP contribution in [-0.2, 0) is 9.84 Å². The van der Waals surface area contributed by atoms with Crippen LogP contribution in [0.15, 0.2) is 23.1 Å².